The molecule has 0 atom stereocenters. The lowest BCUT2D eigenvalue weighted by Crippen LogP contribution is -2.28. The first-order valence-corrected chi connectivity index (χ1v) is 5.36. The fourth-order valence-electron chi connectivity index (χ4n) is 1.80. The van der Waals surface area contributed by atoms with Gasteiger partial charge in [-0.05, 0) is 6.07 Å². The fraction of sp³-hybridized carbons (Fsp3) is 0.0714. The molecule has 3 N–H and O–H groups in total. The lowest BCUT2D eigenvalue weighted by atomic mass is 9.93. The van der Waals surface area contributed by atoms with Crippen LogP contribution >= 0.6 is 0 Å². The monoisotopic (exact) mass is 244 g/mol. The Morgan fingerprint density at radius 2 is 1.44 bits per heavy atom. The first-order valence-electron chi connectivity index (χ1n) is 5.36. The summed E-state index contributed by atoms with van der Waals surface area (Å²) in [4.78, 5) is 11.1. The van der Waals surface area contributed by atoms with Gasteiger partial charge in [0.25, 0.3) is 0 Å². The molecule has 0 saturated carbocycles. The summed E-state index contributed by atoms with van der Waals surface area (Å²) in [5, 5.41) is 29.4. The van der Waals surface area contributed by atoms with Crippen LogP contribution in [-0.4, -0.2) is 21.3 Å². The third-order valence-corrected chi connectivity index (χ3v) is 2.71. The smallest absolute Gasteiger partial charge is 0.336 e. The van der Waals surface area contributed by atoms with Crippen LogP contribution in [0.3, 0.4) is 0 Å². The number of benzene rings is 2. The van der Waals surface area contributed by atoms with Crippen molar-refractivity contribution in [1.29, 1.82) is 0 Å². The van der Waals surface area contributed by atoms with Gasteiger partial charge in [0.1, 0.15) is 0 Å². The van der Waals surface area contributed by atoms with Gasteiger partial charge in [0.2, 0.25) is 5.79 Å². The van der Waals surface area contributed by atoms with Crippen LogP contribution in [0, 0.1) is 0 Å². The van der Waals surface area contributed by atoms with E-state index in [0.717, 1.165) is 0 Å². The third kappa shape index (κ3) is 2.11. The summed E-state index contributed by atoms with van der Waals surface area (Å²) in [5.74, 6) is -3.52. The lowest BCUT2D eigenvalue weighted by molar-refractivity contribution is -0.132. The molecule has 18 heavy (non-hydrogen) atoms. The molecule has 0 bridgehead atoms. The topological polar surface area (TPSA) is 77.8 Å². The number of rotatable bonds is 3. The van der Waals surface area contributed by atoms with Crippen molar-refractivity contribution in [2.24, 2.45) is 0 Å². The van der Waals surface area contributed by atoms with Crippen molar-refractivity contribution in [2.75, 3.05) is 0 Å². The Balaban J connectivity index is 2.58. The van der Waals surface area contributed by atoms with E-state index in [1.165, 1.54) is 30.3 Å². The van der Waals surface area contributed by atoms with Gasteiger partial charge in [-0.2, -0.15) is 0 Å². The molecule has 92 valence electrons. The second kappa shape index (κ2) is 4.60. The van der Waals surface area contributed by atoms with Crippen molar-refractivity contribution in [3.63, 3.8) is 0 Å². The molecule has 0 spiro atoms. The van der Waals surface area contributed by atoms with E-state index in [0.29, 0.717) is 0 Å². The van der Waals surface area contributed by atoms with E-state index in [1.807, 2.05) is 0 Å². The minimum atomic E-state index is -2.32. The zero-order valence-electron chi connectivity index (χ0n) is 9.45. The van der Waals surface area contributed by atoms with Crippen LogP contribution in [0.25, 0.3) is 0 Å². The van der Waals surface area contributed by atoms with E-state index in [2.05, 4.69) is 0 Å². The maximum Gasteiger partial charge on any atom is 0.336 e. The maximum atomic E-state index is 11.1. The number of carbonyl (C=O) groups is 1. The SMILES string of the molecule is O=C(O)c1ccccc1C(O)(O)c1ccccc1. The second-order valence-corrected chi connectivity index (χ2v) is 3.89. The van der Waals surface area contributed by atoms with E-state index in [-0.39, 0.29) is 16.7 Å². The van der Waals surface area contributed by atoms with Gasteiger partial charge < -0.3 is 15.3 Å². The van der Waals surface area contributed by atoms with E-state index >= 15 is 0 Å². The Bertz CT molecular complexity index is 561. The Kier molecular flexibility index (Phi) is 3.14. The summed E-state index contributed by atoms with van der Waals surface area (Å²) in [7, 11) is 0. The molecule has 4 heteroatoms. The number of carboxylic acid groups (broad SMARTS) is 1. The lowest BCUT2D eigenvalue weighted by Gasteiger charge is -2.24. The molecular weight excluding hydrogens is 232 g/mol. The zero-order valence-corrected chi connectivity index (χ0v) is 9.45. The van der Waals surface area contributed by atoms with Crippen molar-refractivity contribution in [1.82, 2.24) is 0 Å². The molecule has 0 aliphatic heterocycles. The minimum Gasteiger partial charge on any atom is -0.478 e. The van der Waals surface area contributed by atoms with Crippen molar-refractivity contribution in [2.45, 2.75) is 5.79 Å². The molecule has 0 aromatic heterocycles. The van der Waals surface area contributed by atoms with E-state index in [9.17, 15) is 15.0 Å². The van der Waals surface area contributed by atoms with Crippen LogP contribution in [0.2, 0.25) is 0 Å². The first-order chi connectivity index (χ1) is 8.53. The van der Waals surface area contributed by atoms with Gasteiger partial charge in [0.15, 0.2) is 0 Å². The number of aromatic carboxylic acids is 1. The molecule has 0 aliphatic rings. The summed E-state index contributed by atoms with van der Waals surface area (Å²) in [6.45, 7) is 0. The number of aliphatic hydroxyl groups is 2. The average Bonchev–Trinajstić information content (AvgIpc) is 2.39. The molecule has 2 aromatic carbocycles. The molecule has 0 amide bonds. The largest absolute Gasteiger partial charge is 0.478 e. The predicted molar refractivity (Wildman–Crippen MR) is 65.1 cm³/mol. The number of hydrogen-bond acceptors (Lipinski definition) is 3. The molecule has 2 rings (SSSR count). The molecular formula is C14H12O4. The van der Waals surface area contributed by atoms with Crippen LogP contribution in [0.4, 0.5) is 0 Å². The van der Waals surface area contributed by atoms with Gasteiger partial charge in [0, 0.05) is 11.1 Å². The average molecular weight is 244 g/mol. The Hall–Kier alpha value is -2.17. The summed E-state index contributed by atoms with van der Waals surface area (Å²) in [6, 6.07) is 13.9. The molecule has 0 radical (unpaired) electrons. The maximum absolute atomic E-state index is 11.1. The van der Waals surface area contributed by atoms with Crippen molar-refractivity contribution < 1.29 is 20.1 Å². The zero-order chi connectivity index (χ0) is 13.2. The standard InChI is InChI=1S/C14H12O4/c15-13(16)11-8-4-5-9-12(11)14(17,18)10-6-2-1-3-7-10/h1-9,17-18H,(H,15,16). The predicted octanol–water partition coefficient (Wildman–Crippen LogP) is 1.57. The molecule has 2 aromatic rings. The van der Waals surface area contributed by atoms with E-state index in [1.54, 1.807) is 24.3 Å². The summed E-state index contributed by atoms with van der Waals surface area (Å²) in [5.41, 5.74) is 0.0359. The molecule has 0 heterocycles. The van der Waals surface area contributed by atoms with Crippen LogP contribution in [0.15, 0.2) is 54.6 Å². The molecule has 0 unspecified atom stereocenters. The van der Waals surface area contributed by atoms with Crippen molar-refractivity contribution in [3.05, 3.63) is 71.3 Å². The quantitative estimate of drug-likeness (QED) is 0.716. The van der Waals surface area contributed by atoms with Gasteiger partial charge in [-0.3, -0.25) is 0 Å². The Morgan fingerprint density at radius 3 is 2.06 bits per heavy atom. The van der Waals surface area contributed by atoms with Crippen molar-refractivity contribution in [3.8, 4) is 0 Å². The normalized spacial score (nSPS) is 11.2. The van der Waals surface area contributed by atoms with Gasteiger partial charge in [0.05, 0.1) is 5.56 Å². The molecule has 0 aliphatic carbocycles. The van der Waals surface area contributed by atoms with Crippen molar-refractivity contribution >= 4 is 5.97 Å². The van der Waals surface area contributed by atoms with E-state index < -0.39 is 11.8 Å². The molecule has 0 saturated heterocycles. The summed E-state index contributed by atoms with van der Waals surface area (Å²) < 4.78 is 0. The minimum absolute atomic E-state index is 0.0521. The Labute approximate surface area is 104 Å². The number of hydrogen-bond donors (Lipinski definition) is 3. The molecule has 0 fully saturated rings. The highest BCUT2D eigenvalue weighted by Gasteiger charge is 2.32. The first kappa shape index (κ1) is 12.3. The van der Waals surface area contributed by atoms with E-state index in [4.69, 9.17) is 5.11 Å². The third-order valence-electron chi connectivity index (χ3n) is 2.71. The fourth-order valence-corrected chi connectivity index (χ4v) is 1.80. The highest BCUT2D eigenvalue weighted by Crippen LogP contribution is 2.29. The Morgan fingerprint density at radius 1 is 0.889 bits per heavy atom. The number of carboxylic acids is 1. The van der Waals surface area contributed by atoms with Gasteiger partial charge >= 0.3 is 5.97 Å². The van der Waals surface area contributed by atoms with Gasteiger partial charge in [-0.15, -0.1) is 0 Å². The molecule has 4 nitrogen and oxygen atoms in total. The van der Waals surface area contributed by atoms with Crippen LogP contribution in [-0.2, 0) is 5.79 Å². The van der Waals surface area contributed by atoms with Crippen LogP contribution in [0.5, 0.6) is 0 Å². The highest BCUT2D eigenvalue weighted by atomic mass is 16.5. The second-order valence-electron chi connectivity index (χ2n) is 3.89. The van der Waals surface area contributed by atoms with Crippen LogP contribution in [0.1, 0.15) is 21.5 Å². The summed E-state index contributed by atoms with van der Waals surface area (Å²) in [6.07, 6.45) is 0. The highest BCUT2D eigenvalue weighted by molar-refractivity contribution is 5.89. The summed E-state index contributed by atoms with van der Waals surface area (Å²) >= 11 is 0. The van der Waals surface area contributed by atoms with Gasteiger partial charge in [-0.1, -0.05) is 48.5 Å². The van der Waals surface area contributed by atoms with Crippen LogP contribution < -0.4 is 0 Å². The van der Waals surface area contributed by atoms with Gasteiger partial charge in [-0.25, -0.2) is 4.79 Å².